The molecular formula is C15H14Br2N2O3S. The van der Waals surface area contributed by atoms with Crippen LogP contribution in [0.1, 0.15) is 11.8 Å². The number of ether oxygens (including phenoxy) is 2. The van der Waals surface area contributed by atoms with Gasteiger partial charge in [-0.05, 0) is 46.4 Å². The Bertz CT molecular complexity index is 718. The predicted molar refractivity (Wildman–Crippen MR) is 98.6 cm³/mol. The number of hydrazone groups is 1. The normalized spacial score (nSPS) is 11.2. The minimum atomic E-state index is -0.349. The minimum absolute atomic E-state index is 0.169. The van der Waals surface area contributed by atoms with Crippen LogP contribution in [0.2, 0.25) is 0 Å². The number of thiophene rings is 1. The van der Waals surface area contributed by atoms with Crippen LogP contribution in [0, 0.1) is 0 Å². The Morgan fingerprint density at radius 1 is 1.39 bits per heavy atom. The summed E-state index contributed by atoms with van der Waals surface area (Å²) in [6.07, 6.45) is 0. The van der Waals surface area contributed by atoms with Gasteiger partial charge in [-0.1, -0.05) is 22.0 Å². The molecule has 2 aromatic rings. The summed E-state index contributed by atoms with van der Waals surface area (Å²) < 4.78 is 12.3. The lowest BCUT2D eigenvalue weighted by Gasteiger charge is -2.12. The third kappa shape index (κ3) is 5.05. The second-order valence-electron chi connectivity index (χ2n) is 4.42. The van der Waals surface area contributed by atoms with Crippen molar-refractivity contribution in [3.63, 3.8) is 0 Å². The first kappa shape index (κ1) is 18.0. The van der Waals surface area contributed by atoms with Crippen LogP contribution in [-0.4, -0.2) is 25.3 Å². The lowest BCUT2D eigenvalue weighted by Crippen LogP contribution is -2.25. The van der Waals surface area contributed by atoms with Crippen LogP contribution >= 0.6 is 43.2 Å². The number of carbonyl (C=O) groups excluding carboxylic acids is 1. The fraction of sp³-hybridized carbons (Fsp3) is 0.200. The minimum Gasteiger partial charge on any atom is -0.493 e. The van der Waals surface area contributed by atoms with E-state index in [2.05, 4.69) is 42.4 Å². The van der Waals surface area contributed by atoms with E-state index in [1.807, 2.05) is 30.5 Å². The number of nitrogens with one attached hydrogen (secondary N) is 1. The van der Waals surface area contributed by atoms with Crippen molar-refractivity contribution in [3.05, 3.63) is 43.5 Å². The zero-order valence-corrected chi connectivity index (χ0v) is 16.4. The van der Waals surface area contributed by atoms with Gasteiger partial charge in [0.25, 0.3) is 5.91 Å². The lowest BCUT2D eigenvalue weighted by molar-refractivity contribution is -0.123. The fourth-order valence-corrected chi connectivity index (χ4v) is 3.66. The van der Waals surface area contributed by atoms with Gasteiger partial charge in [0.15, 0.2) is 18.1 Å². The van der Waals surface area contributed by atoms with Crippen LogP contribution in [0.4, 0.5) is 0 Å². The summed E-state index contributed by atoms with van der Waals surface area (Å²) in [4.78, 5) is 12.9. The molecule has 0 aliphatic carbocycles. The highest BCUT2D eigenvalue weighted by molar-refractivity contribution is 9.11. The number of nitrogens with zero attached hydrogens (tertiary/aromatic N) is 1. The number of hydrogen-bond donors (Lipinski definition) is 1. The van der Waals surface area contributed by atoms with E-state index in [0.717, 1.165) is 15.1 Å². The molecule has 1 aromatic heterocycles. The van der Waals surface area contributed by atoms with E-state index >= 15 is 0 Å². The summed E-state index contributed by atoms with van der Waals surface area (Å²) in [5.41, 5.74) is 3.22. The summed E-state index contributed by atoms with van der Waals surface area (Å²) >= 11 is 8.31. The summed E-state index contributed by atoms with van der Waals surface area (Å²) in [5.74, 6) is 0.639. The molecule has 0 saturated carbocycles. The van der Waals surface area contributed by atoms with E-state index in [-0.39, 0.29) is 12.5 Å². The first-order valence-corrected chi connectivity index (χ1v) is 9.00. The molecule has 0 aliphatic rings. The van der Waals surface area contributed by atoms with Crippen LogP contribution in [0.25, 0.3) is 0 Å². The fourth-order valence-electron chi connectivity index (χ4n) is 1.68. The average molecular weight is 462 g/mol. The average Bonchev–Trinajstić information content (AvgIpc) is 3.05. The van der Waals surface area contributed by atoms with Crippen molar-refractivity contribution in [1.29, 1.82) is 0 Å². The molecule has 1 aromatic carbocycles. The largest absolute Gasteiger partial charge is 0.493 e. The molecule has 1 N–H and O–H groups in total. The second-order valence-corrected chi connectivity index (χ2v) is 7.13. The second kappa shape index (κ2) is 8.47. The molecule has 0 spiro atoms. The van der Waals surface area contributed by atoms with E-state index in [1.165, 1.54) is 7.11 Å². The van der Waals surface area contributed by atoms with Gasteiger partial charge in [0.1, 0.15) is 0 Å². The standard InChI is InChI=1S/C15H14Br2N2O3S/c1-9(13-4-3-5-23-13)18-19-14(20)8-22-15-11(17)6-10(16)7-12(15)21-2/h3-7H,8H2,1-2H3,(H,19,20). The third-order valence-corrected chi connectivity index (χ3v) is 4.79. The lowest BCUT2D eigenvalue weighted by atomic mass is 10.3. The van der Waals surface area contributed by atoms with Gasteiger partial charge in [-0.2, -0.15) is 5.10 Å². The zero-order valence-electron chi connectivity index (χ0n) is 12.4. The van der Waals surface area contributed by atoms with Crippen molar-refractivity contribution in [3.8, 4) is 11.5 Å². The first-order valence-electron chi connectivity index (χ1n) is 6.54. The molecule has 0 bridgehead atoms. The van der Waals surface area contributed by atoms with Gasteiger partial charge in [-0.25, -0.2) is 5.43 Å². The van der Waals surface area contributed by atoms with Crippen LogP contribution in [0.5, 0.6) is 11.5 Å². The smallest absolute Gasteiger partial charge is 0.277 e. The highest BCUT2D eigenvalue weighted by atomic mass is 79.9. The van der Waals surface area contributed by atoms with Crippen molar-refractivity contribution < 1.29 is 14.3 Å². The van der Waals surface area contributed by atoms with Crippen LogP contribution in [0.15, 0.2) is 43.7 Å². The van der Waals surface area contributed by atoms with Gasteiger partial charge < -0.3 is 9.47 Å². The van der Waals surface area contributed by atoms with Crippen LogP contribution < -0.4 is 14.9 Å². The molecular weight excluding hydrogens is 448 g/mol. The molecule has 0 aliphatic heterocycles. The molecule has 1 heterocycles. The summed E-state index contributed by atoms with van der Waals surface area (Å²) in [5, 5.41) is 6.01. The van der Waals surface area contributed by atoms with Gasteiger partial charge in [0.05, 0.1) is 17.3 Å². The molecule has 2 rings (SSSR count). The number of carbonyl (C=O) groups is 1. The highest BCUT2D eigenvalue weighted by Crippen LogP contribution is 2.38. The van der Waals surface area contributed by atoms with Crippen molar-refractivity contribution >= 4 is 54.8 Å². The van der Waals surface area contributed by atoms with E-state index in [1.54, 1.807) is 17.4 Å². The Labute approximate surface area is 154 Å². The number of hydrogen-bond acceptors (Lipinski definition) is 5. The predicted octanol–water partition coefficient (Wildman–Crippen LogP) is 4.20. The van der Waals surface area contributed by atoms with Crippen molar-refractivity contribution in [2.75, 3.05) is 13.7 Å². The van der Waals surface area contributed by atoms with E-state index in [9.17, 15) is 4.79 Å². The van der Waals surface area contributed by atoms with Gasteiger partial charge >= 0.3 is 0 Å². The van der Waals surface area contributed by atoms with Gasteiger partial charge in [0, 0.05) is 9.35 Å². The first-order chi connectivity index (χ1) is 11.0. The monoisotopic (exact) mass is 460 g/mol. The molecule has 0 fully saturated rings. The quantitative estimate of drug-likeness (QED) is 0.518. The molecule has 0 saturated heterocycles. The van der Waals surface area contributed by atoms with Crippen LogP contribution in [0.3, 0.4) is 0 Å². The van der Waals surface area contributed by atoms with E-state index in [4.69, 9.17) is 9.47 Å². The molecule has 0 radical (unpaired) electrons. The maximum absolute atomic E-state index is 11.9. The van der Waals surface area contributed by atoms with Gasteiger partial charge in [0.2, 0.25) is 0 Å². The molecule has 5 nitrogen and oxygen atoms in total. The third-order valence-electron chi connectivity index (χ3n) is 2.77. The number of benzene rings is 1. The summed E-state index contributed by atoms with van der Waals surface area (Å²) in [6.45, 7) is 1.67. The Balaban J connectivity index is 1.96. The topological polar surface area (TPSA) is 59.9 Å². The Kier molecular flexibility index (Phi) is 6.61. The molecule has 0 atom stereocenters. The van der Waals surface area contributed by atoms with Gasteiger partial charge in [-0.3, -0.25) is 4.79 Å². The Morgan fingerprint density at radius 3 is 2.83 bits per heavy atom. The Morgan fingerprint density at radius 2 is 2.17 bits per heavy atom. The summed E-state index contributed by atoms with van der Waals surface area (Å²) in [6, 6.07) is 7.45. The van der Waals surface area contributed by atoms with E-state index in [0.29, 0.717) is 16.0 Å². The zero-order chi connectivity index (χ0) is 16.8. The summed E-state index contributed by atoms with van der Waals surface area (Å²) in [7, 11) is 1.54. The molecule has 0 unspecified atom stereocenters. The molecule has 8 heteroatoms. The number of rotatable bonds is 6. The van der Waals surface area contributed by atoms with Crippen LogP contribution in [-0.2, 0) is 4.79 Å². The Hall–Kier alpha value is -1.38. The van der Waals surface area contributed by atoms with Gasteiger partial charge in [-0.15, -0.1) is 11.3 Å². The SMILES string of the molecule is COc1cc(Br)cc(Br)c1OCC(=O)NN=C(C)c1cccs1. The maximum Gasteiger partial charge on any atom is 0.277 e. The number of halogens is 2. The van der Waals surface area contributed by atoms with Crippen molar-refractivity contribution in [1.82, 2.24) is 5.43 Å². The van der Waals surface area contributed by atoms with E-state index < -0.39 is 0 Å². The molecule has 23 heavy (non-hydrogen) atoms. The molecule has 122 valence electrons. The van der Waals surface area contributed by atoms with Crippen molar-refractivity contribution in [2.24, 2.45) is 5.10 Å². The number of methoxy groups -OCH3 is 1. The number of amides is 1. The highest BCUT2D eigenvalue weighted by Gasteiger charge is 2.13. The van der Waals surface area contributed by atoms with Crippen molar-refractivity contribution in [2.45, 2.75) is 6.92 Å². The maximum atomic E-state index is 11.9. The molecule has 1 amide bonds.